The second kappa shape index (κ2) is 7.91. The van der Waals surface area contributed by atoms with Crippen LogP contribution in [-0.2, 0) is 11.3 Å². The lowest BCUT2D eigenvalue weighted by molar-refractivity contribution is -0.132. The highest BCUT2D eigenvalue weighted by Gasteiger charge is 2.29. The molecule has 1 aliphatic rings. The normalized spacial score (nSPS) is 25.9. The molecule has 1 saturated carbocycles. The summed E-state index contributed by atoms with van der Waals surface area (Å²) in [5, 5.41) is 3.51. The van der Waals surface area contributed by atoms with E-state index < -0.39 is 0 Å². The Hall–Kier alpha value is -1.42. The van der Waals surface area contributed by atoms with Crippen LogP contribution < -0.4 is 5.32 Å². The van der Waals surface area contributed by atoms with Gasteiger partial charge in [0.1, 0.15) is 5.82 Å². The summed E-state index contributed by atoms with van der Waals surface area (Å²) in [5.74, 6) is 1.08. The summed E-state index contributed by atoms with van der Waals surface area (Å²) in [4.78, 5) is 14.2. The zero-order valence-corrected chi connectivity index (χ0v) is 14.7. The van der Waals surface area contributed by atoms with Crippen molar-refractivity contribution in [2.24, 2.45) is 11.8 Å². The predicted molar refractivity (Wildman–Crippen MR) is 91.4 cm³/mol. The zero-order chi connectivity index (χ0) is 17.0. The van der Waals surface area contributed by atoms with E-state index >= 15 is 0 Å². The van der Waals surface area contributed by atoms with Gasteiger partial charge in [0.2, 0.25) is 5.91 Å². The maximum atomic E-state index is 13.3. The monoisotopic (exact) mass is 320 g/mol. The number of benzene rings is 1. The van der Waals surface area contributed by atoms with Gasteiger partial charge >= 0.3 is 0 Å². The number of nitrogens with one attached hydrogen (secondary N) is 1. The number of hydrogen-bond acceptors (Lipinski definition) is 2. The fourth-order valence-corrected chi connectivity index (χ4v) is 3.53. The first-order valence-corrected chi connectivity index (χ1v) is 8.64. The number of likely N-dealkylation sites (N-methyl/N-ethyl adjacent to an activating group) is 1. The standard InChI is InChI=1S/C19H29FN2O/c1-13-7-5-10-18(14(13)2)21-15(3)19(23)22(4)12-16-8-6-9-17(20)11-16/h6,8-9,11,13-15,18,21H,5,7,10,12H2,1-4H3. The van der Waals surface area contributed by atoms with Crippen LogP contribution in [0.5, 0.6) is 0 Å². The number of carbonyl (C=O) groups excluding carboxylic acids is 1. The molecule has 128 valence electrons. The van der Waals surface area contributed by atoms with Crippen LogP contribution in [0.1, 0.15) is 45.6 Å². The second-order valence-electron chi connectivity index (χ2n) is 7.09. The van der Waals surface area contributed by atoms with Crippen LogP contribution in [0.3, 0.4) is 0 Å². The molecule has 0 aromatic heterocycles. The molecule has 4 heteroatoms. The van der Waals surface area contributed by atoms with Crippen LogP contribution in [0.2, 0.25) is 0 Å². The minimum absolute atomic E-state index is 0.0553. The first kappa shape index (κ1) is 17.9. The van der Waals surface area contributed by atoms with E-state index in [1.165, 1.54) is 25.0 Å². The minimum Gasteiger partial charge on any atom is -0.340 e. The molecule has 0 bridgehead atoms. The number of hydrogen-bond donors (Lipinski definition) is 1. The zero-order valence-electron chi connectivity index (χ0n) is 14.7. The van der Waals surface area contributed by atoms with Gasteiger partial charge in [-0.05, 0) is 42.9 Å². The summed E-state index contributed by atoms with van der Waals surface area (Å²) in [6.07, 6.45) is 3.64. The van der Waals surface area contributed by atoms with Gasteiger partial charge < -0.3 is 10.2 Å². The van der Waals surface area contributed by atoms with Crippen LogP contribution in [-0.4, -0.2) is 29.9 Å². The van der Waals surface area contributed by atoms with E-state index in [4.69, 9.17) is 0 Å². The highest BCUT2D eigenvalue weighted by atomic mass is 19.1. The van der Waals surface area contributed by atoms with Gasteiger partial charge in [0.15, 0.2) is 0 Å². The van der Waals surface area contributed by atoms with E-state index in [0.29, 0.717) is 24.4 Å². The molecule has 1 aliphatic carbocycles. The first-order chi connectivity index (χ1) is 10.9. The molecule has 4 atom stereocenters. The van der Waals surface area contributed by atoms with Crippen molar-refractivity contribution in [2.45, 2.75) is 58.7 Å². The molecule has 1 N–H and O–H groups in total. The third-order valence-electron chi connectivity index (χ3n) is 5.23. The smallest absolute Gasteiger partial charge is 0.239 e. The molecule has 3 nitrogen and oxygen atoms in total. The summed E-state index contributed by atoms with van der Waals surface area (Å²) in [5.41, 5.74) is 0.813. The van der Waals surface area contributed by atoms with E-state index in [1.54, 1.807) is 18.0 Å². The Balaban J connectivity index is 1.90. The molecule has 0 heterocycles. The van der Waals surface area contributed by atoms with E-state index in [-0.39, 0.29) is 17.8 Å². The molecule has 2 rings (SSSR count). The van der Waals surface area contributed by atoms with Gasteiger partial charge in [-0.15, -0.1) is 0 Å². The van der Waals surface area contributed by atoms with Crippen molar-refractivity contribution in [3.05, 3.63) is 35.6 Å². The fourth-order valence-electron chi connectivity index (χ4n) is 3.53. The molecular formula is C19H29FN2O. The van der Waals surface area contributed by atoms with Crippen LogP contribution in [0.25, 0.3) is 0 Å². The van der Waals surface area contributed by atoms with Gasteiger partial charge in [0, 0.05) is 19.6 Å². The molecule has 0 spiro atoms. The summed E-state index contributed by atoms with van der Waals surface area (Å²) >= 11 is 0. The second-order valence-corrected chi connectivity index (χ2v) is 7.09. The molecule has 4 unspecified atom stereocenters. The van der Waals surface area contributed by atoms with Crippen LogP contribution in [0.4, 0.5) is 4.39 Å². The molecule has 0 aliphatic heterocycles. The van der Waals surface area contributed by atoms with Gasteiger partial charge in [-0.1, -0.05) is 38.8 Å². The molecule has 1 aromatic rings. The maximum absolute atomic E-state index is 13.3. The Morgan fingerprint density at radius 2 is 2.13 bits per heavy atom. The van der Waals surface area contributed by atoms with Crippen molar-refractivity contribution in [3.63, 3.8) is 0 Å². The number of rotatable bonds is 5. The lowest BCUT2D eigenvalue weighted by Gasteiger charge is -2.36. The first-order valence-electron chi connectivity index (χ1n) is 8.64. The Kier molecular flexibility index (Phi) is 6.17. The highest BCUT2D eigenvalue weighted by Crippen LogP contribution is 2.29. The van der Waals surface area contributed by atoms with Crippen molar-refractivity contribution in [2.75, 3.05) is 7.05 Å². The quantitative estimate of drug-likeness (QED) is 0.899. The molecule has 0 radical (unpaired) electrons. The lowest BCUT2D eigenvalue weighted by Crippen LogP contribution is -2.50. The summed E-state index contributed by atoms with van der Waals surface area (Å²) in [6, 6.07) is 6.60. The topological polar surface area (TPSA) is 32.3 Å². The van der Waals surface area contributed by atoms with Gasteiger partial charge in [-0.3, -0.25) is 4.79 Å². The van der Waals surface area contributed by atoms with Gasteiger partial charge in [0.25, 0.3) is 0 Å². The van der Waals surface area contributed by atoms with Gasteiger partial charge in [-0.2, -0.15) is 0 Å². The average Bonchev–Trinajstić information content (AvgIpc) is 2.51. The van der Waals surface area contributed by atoms with Crippen LogP contribution in [0.15, 0.2) is 24.3 Å². The van der Waals surface area contributed by atoms with Crippen molar-refractivity contribution in [3.8, 4) is 0 Å². The molecule has 0 saturated heterocycles. The summed E-state index contributed by atoms with van der Waals surface area (Å²) in [6.45, 7) is 6.92. The van der Waals surface area contributed by atoms with Crippen molar-refractivity contribution in [1.29, 1.82) is 0 Å². The Morgan fingerprint density at radius 1 is 1.39 bits per heavy atom. The molecular weight excluding hydrogens is 291 g/mol. The Labute approximate surface area is 139 Å². The van der Waals surface area contributed by atoms with Crippen molar-refractivity contribution < 1.29 is 9.18 Å². The van der Waals surface area contributed by atoms with E-state index in [1.807, 2.05) is 13.0 Å². The third kappa shape index (κ3) is 4.77. The summed E-state index contributed by atoms with van der Waals surface area (Å²) < 4.78 is 13.3. The Bertz CT molecular complexity index is 534. The lowest BCUT2D eigenvalue weighted by atomic mass is 9.78. The van der Waals surface area contributed by atoms with E-state index in [9.17, 15) is 9.18 Å². The number of nitrogens with zero attached hydrogens (tertiary/aromatic N) is 1. The predicted octanol–water partition coefficient (Wildman–Crippen LogP) is 3.59. The number of amides is 1. The van der Waals surface area contributed by atoms with Crippen LogP contribution in [0, 0.1) is 17.7 Å². The summed E-state index contributed by atoms with van der Waals surface area (Å²) in [7, 11) is 1.78. The van der Waals surface area contributed by atoms with E-state index in [2.05, 4.69) is 19.2 Å². The highest BCUT2D eigenvalue weighted by molar-refractivity contribution is 5.81. The largest absolute Gasteiger partial charge is 0.340 e. The molecule has 1 amide bonds. The Morgan fingerprint density at radius 3 is 2.83 bits per heavy atom. The van der Waals surface area contributed by atoms with Crippen LogP contribution >= 0.6 is 0 Å². The SMILES string of the molecule is CC(NC1CCCC(C)C1C)C(=O)N(C)Cc1cccc(F)c1. The van der Waals surface area contributed by atoms with Crippen molar-refractivity contribution in [1.82, 2.24) is 10.2 Å². The minimum atomic E-state index is -0.264. The van der Waals surface area contributed by atoms with Gasteiger partial charge in [-0.25, -0.2) is 4.39 Å². The van der Waals surface area contributed by atoms with Crippen molar-refractivity contribution >= 4 is 5.91 Å². The fraction of sp³-hybridized carbons (Fsp3) is 0.632. The number of carbonyl (C=O) groups is 1. The maximum Gasteiger partial charge on any atom is 0.239 e. The number of halogens is 1. The molecule has 1 fully saturated rings. The average molecular weight is 320 g/mol. The van der Waals surface area contributed by atoms with Gasteiger partial charge in [0.05, 0.1) is 6.04 Å². The van der Waals surface area contributed by atoms with E-state index in [0.717, 1.165) is 12.0 Å². The molecule has 1 aromatic carbocycles. The third-order valence-corrected chi connectivity index (χ3v) is 5.23. The molecule has 23 heavy (non-hydrogen) atoms.